The molecule has 1 heterocycles. The van der Waals surface area contributed by atoms with Crippen LogP contribution in [-0.2, 0) is 14.3 Å². The lowest BCUT2D eigenvalue weighted by Crippen LogP contribution is -2.58. The lowest BCUT2D eigenvalue weighted by molar-refractivity contribution is -0.269. The summed E-state index contributed by atoms with van der Waals surface area (Å²) in [6.45, 7) is 7.10. The fraction of sp³-hybridized carbons (Fsp3) is 0.950. The summed E-state index contributed by atoms with van der Waals surface area (Å²) < 4.78 is 11.5. The highest BCUT2D eigenvalue weighted by atomic mass is 16.7. The maximum absolute atomic E-state index is 11.4. The summed E-state index contributed by atoms with van der Waals surface area (Å²) in [6.07, 6.45) is 15.0. The van der Waals surface area contributed by atoms with Gasteiger partial charge in [0, 0.05) is 26.4 Å². The number of morpholine rings is 1. The van der Waals surface area contributed by atoms with Crippen molar-refractivity contribution in [3.05, 3.63) is 0 Å². The summed E-state index contributed by atoms with van der Waals surface area (Å²) >= 11 is 0. The Morgan fingerprint density at radius 1 is 1.00 bits per heavy atom. The molecule has 2 fully saturated rings. The molecule has 2 atom stereocenters. The van der Waals surface area contributed by atoms with Crippen LogP contribution in [0.3, 0.4) is 0 Å². The third-order valence-electron chi connectivity index (χ3n) is 5.38. The lowest BCUT2D eigenvalue weighted by Gasteiger charge is -2.45. The van der Waals surface area contributed by atoms with Crippen molar-refractivity contribution in [2.75, 3.05) is 13.1 Å². The van der Waals surface area contributed by atoms with E-state index >= 15 is 0 Å². The number of esters is 1. The third kappa shape index (κ3) is 6.72. The normalized spacial score (nSPS) is 32.5. The van der Waals surface area contributed by atoms with Crippen LogP contribution in [0, 0.1) is 0 Å². The van der Waals surface area contributed by atoms with E-state index in [0.29, 0.717) is 12.6 Å². The zero-order valence-electron chi connectivity index (χ0n) is 16.0. The van der Waals surface area contributed by atoms with Gasteiger partial charge in [-0.2, -0.15) is 0 Å². The second-order valence-electron chi connectivity index (χ2n) is 8.00. The van der Waals surface area contributed by atoms with Crippen LogP contribution < -0.4 is 0 Å². The quantitative estimate of drug-likeness (QED) is 0.686. The van der Waals surface area contributed by atoms with Crippen molar-refractivity contribution in [3.8, 4) is 0 Å². The van der Waals surface area contributed by atoms with Crippen molar-refractivity contribution in [1.29, 1.82) is 0 Å². The molecule has 24 heavy (non-hydrogen) atoms. The molecule has 0 aromatic carbocycles. The average molecular weight is 340 g/mol. The summed E-state index contributed by atoms with van der Waals surface area (Å²) in [5.74, 6) is -1.06. The van der Waals surface area contributed by atoms with Gasteiger partial charge in [-0.3, -0.25) is 9.69 Å². The molecule has 0 spiro atoms. The molecule has 1 aliphatic carbocycles. The summed E-state index contributed by atoms with van der Waals surface area (Å²) in [5, 5.41) is 0. The maximum Gasteiger partial charge on any atom is 0.305 e. The number of carbonyl (C=O) groups excluding carboxylic acids is 1. The zero-order valence-corrected chi connectivity index (χ0v) is 16.0. The summed E-state index contributed by atoms with van der Waals surface area (Å²) in [7, 11) is 0. The highest BCUT2D eigenvalue weighted by Gasteiger charge is 2.40. The van der Waals surface area contributed by atoms with Crippen LogP contribution in [-0.4, -0.2) is 41.9 Å². The van der Waals surface area contributed by atoms with Gasteiger partial charge in [-0.05, 0) is 19.8 Å². The zero-order chi connectivity index (χ0) is 17.4. The highest BCUT2D eigenvalue weighted by molar-refractivity contribution is 5.66. The molecule has 0 N–H and O–H groups in total. The lowest BCUT2D eigenvalue weighted by atomic mass is 9.96. The van der Waals surface area contributed by atoms with Gasteiger partial charge in [0.2, 0.25) is 5.79 Å². The first-order valence-electron chi connectivity index (χ1n) is 10.1. The first-order chi connectivity index (χ1) is 11.5. The molecule has 140 valence electrons. The number of carbonyl (C=O) groups is 1. The van der Waals surface area contributed by atoms with E-state index in [1.54, 1.807) is 0 Å². The standard InChI is InChI=1S/C20H37NO3/c1-17-15-21(16-20(3,23-17)24-18(2)22)19-13-11-9-7-5-4-6-8-10-12-14-19/h17,19H,4-16H2,1-3H3. The van der Waals surface area contributed by atoms with Crippen LogP contribution in [0.15, 0.2) is 0 Å². The van der Waals surface area contributed by atoms with Crippen LogP contribution in [0.2, 0.25) is 0 Å². The first-order valence-corrected chi connectivity index (χ1v) is 10.1. The van der Waals surface area contributed by atoms with Gasteiger partial charge in [-0.25, -0.2) is 0 Å². The van der Waals surface area contributed by atoms with E-state index in [9.17, 15) is 4.79 Å². The number of ether oxygens (including phenoxy) is 2. The van der Waals surface area contributed by atoms with Crippen molar-refractivity contribution in [1.82, 2.24) is 4.90 Å². The Balaban J connectivity index is 1.97. The van der Waals surface area contributed by atoms with Crippen LogP contribution in [0.4, 0.5) is 0 Å². The molecule has 1 aliphatic heterocycles. The minimum atomic E-state index is -0.798. The van der Waals surface area contributed by atoms with Gasteiger partial charge < -0.3 is 9.47 Å². The predicted octanol–water partition coefficient (Wildman–Crippen LogP) is 4.66. The van der Waals surface area contributed by atoms with Crippen LogP contribution in [0.25, 0.3) is 0 Å². The Morgan fingerprint density at radius 2 is 1.50 bits per heavy atom. The molecule has 0 amide bonds. The SMILES string of the molecule is CC(=O)OC1(C)CN(C2CCCCCCCCCCC2)CC(C)O1. The van der Waals surface area contributed by atoms with Gasteiger partial charge >= 0.3 is 5.97 Å². The van der Waals surface area contributed by atoms with Gasteiger partial charge in [-0.15, -0.1) is 0 Å². The van der Waals surface area contributed by atoms with Crippen molar-refractivity contribution >= 4 is 5.97 Å². The Labute approximate surface area is 148 Å². The molecule has 0 radical (unpaired) electrons. The van der Waals surface area contributed by atoms with Crippen molar-refractivity contribution < 1.29 is 14.3 Å². The Bertz CT molecular complexity index is 375. The van der Waals surface area contributed by atoms with Crippen molar-refractivity contribution in [3.63, 3.8) is 0 Å². The molecule has 0 aromatic heterocycles. The number of nitrogens with zero attached hydrogens (tertiary/aromatic N) is 1. The summed E-state index contributed by atoms with van der Waals surface area (Å²) in [6, 6.07) is 0.602. The van der Waals surface area contributed by atoms with Crippen LogP contribution in [0.5, 0.6) is 0 Å². The molecular formula is C20H37NO3. The van der Waals surface area contributed by atoms with Gasteiger partial charge in [0.25, 0.3) is 0 Å². The van der Waals surface area contributed by atoms with E-state index < -0.39 is 5.79 Å². The Hall–Kier alpha value is -0.610. The van der Waals surface area contributed by atoms with E-state index in [4.69, 9.17) is 9.47 Å². The molecule has 2 unspecified atom stereocenters. The number of hydrogen-bond donors (Lipinski definition) is 0. The Kier molecular flexibility index (Phi) is 8.02. The van der Waals surface area contributed by atoms with E-state index in [1.165, 1.54) is 77.6 Å². The average Bonchev–Trinajstić information content (AvgIpc) is 2.45. The van der Waals surface area contributed by atoms with Crippen LogP contribution >= 0.6 is 0 Å². The topological polar surface area (TPSA) is 38.8 Å². The van der Waals surface area contributed by atoms with Gasteiger partial charge in [0.05, 0.1) is 12.6 Å². The second-order valence-corrected chi connectivity index (χ2v) is 8.00. The maximum atomic E-state index is 11.4. The molecule has 2 aliphatic rings. The van der Waals surface area contributed by atoms with Crippen molar-refractivity contribution in [2.24, 2.45) is 0 Å². The monoisotopic (exact) mass is 339 g/mol. The van der Waals surface area contributed by atoms with Gasteiger partial charge in [-0.1, -0.05) is 57.8 Å². The van der Waals surface area contributed by atoms with E-state index in [2.05, 4.69) is 11.8 Å². The minimum Gasteiger partial charge on any atom is -0.432 e. The largest absolute Gasteiger partial charge is 0.432 e. The predicted molar refractivity (Wildman–Crippen MR) is 96.9 cm³/mol. The fourth-order valence-corrected chi connectivity index (χ4v) is 4.41. The van der Waals surface area contributed by atoms with Gasteiger partial charge in [0.15, 0.2) is 0 Å². The molecule has 0 bridgehead atoms. The molecule has 0 aromatic rings. The third-order valence-corrected chi connectivity index (χ3v) is 5.38. The minimum absolute atomic E-state index is 0.101. The summed E-state index contributed by atoms with van der Waals surface area (Å²) in [5.41, 5.74) is 0. The molecular weight excluding hydrogens is 302 g/mol. The first kappa shape index (κ1) is 19.7. The summed E-state index contributed by atoms with van der Waals surface area (Å²) in [4.78, 5) is 14.0. The fourth-order valence-electron chi connectivity index (χ4n) is 4.41. The smallest absolute Gasteiger partial charge is 0.305 e. The Morgan fingerprint density at radius 3 is 2.00 bits per heavy atom. The van der Waals surface area contributed by atoms with E-state index in [0.717, 1.165) is 6.54 Å². The van der Waals surface area contributed by atoms with Crippen molar-refractivity contribution in [2.45, 2.75) is 109 Å². The van der Waals surface area contributed by atoms with Crippen LogP contribution in [0.1, 0.15) is 91.4 Å². The van der Waals surface area contributed by atoms with E-state index in [1.807, 2.05) is 6.92 Å². The van der Waals surface area contributed by atoms with Gasteiger partial charge in [0.1, 0.15) is 0 Å². The highest BCUT2D eigenvalue weighted by Crippen LogP contribution is 2.28. The molecule has 1 saturated carbocycles. The molecule has 2 rings (SSSR count). The molecule has 4 heteroatoms. The molecule has 1 saturated heterocycles. The second kappa shape index (κ2) is 9.76. The van der Waals surface area contributed by atoms with E-state index in [-0.39, 0.29) is 12.1 Å². The number of rotatable bonds is 2. The number of hydrogen-bond acceptors (Lipinski definition) is 4. The molecule has 4 nitrogen and oxygen atoms in total.